The summed E-state index contributed by atoms with van der Waals surface area (Å²) in [5.74, 6) is 2.72. The molecule has 0 amide bonds. The van der Waals surface area contributed by atoms with E-state index in [0.29, 0.717) is 43.3 Å². The lowest BCUT2D eigenvalue weighted by atomic mass is 9.49. The van der Waals surface area contributed by atoms with E-state index in [1.165, 1.54) is 44.6 Å². The van der Waals surface area contributed by atoms with Gasteiger partial charge in [0.2, 0.25) is 0 Å². The van der Waals surface area contributed by atoms with Crippen LogP contribution in [0.3, 0.4) is 0 Å². The number of methoxy groups -OCH3 is 3. The highest BCUT2D eigenvalue weighted by Gasteiger charge is 2.60. The Kier molecular flexibility index (Phi) is 10.6. The fourth-order valence-electron chi connectivity index (χ4n) is 9.51. The normalized spacial score (nSPS) is 34.9. The molecule has 9 atom stereocenters. The van der Waals surface area contributed by atoms with Crippen LogP contribution in [0.25, 0.3) is 0 Å². The van der Waals surface area contributed by atoms with Crippen LogP contribution in [0.15, 0.2) is 23.3 Å². The summed E-state index contributed by atoms with van der Waals surface area (Å²) in [6.45, 7) is 14.3. The van der Waals surface area contributed by atoms with Gasteiger partial charge in [0, 0.05) is 25.4 Å². The molecule has 0 spiro atoms. The molecule has 0 aliphatic heterocycles. The maximum absolute atomic E-state index is 12.4. The predicted octanol–water partition coefficient (Wildman–Crippen LogP) is 8.24. The summed E-state index contributed by atoms with van der Waals surface area (Å²) in [7, 11) is 4.32. The van der Waals surface area contributed by atoms with Crippen LogP contribution in [0.1, 0.15) is 99.3 Å². The molecule has 4 aliphatic rings. The molecular formula is C35H56O8. The Balaban J connectivity index is 1.56. The van der Waals surface area contributed by atoms with E-state index in [4.69, 9.17) is 28.4 Å². The zero-order chi connectivity index (χ0) is 31.6. The molecule has 0 saturated heterocycles. The highest BCUT2D eigenvalue weighted by atomic mass is 16.7. The van der Waals surface area contributed by atoms with Crippen LogP contribution in [0.4, 0.5) is 9.59 Å². The second-order valence-corrected chi connectivity index (χ2v) is 14.5. The van der Waals surface area contributed by atoms with E-state index in [0.717, 1.165) is 25.7 Å². The van der Waals surface area contributed by atoms with Crippen molar-refractivity contribution in [1.82, 2.24) is 0 Å². The van der Waals surface area contributed by atoms with Crippen molar-refractivity contribution < 1.29 is 38.0 Å². The monoisotopic (exact) mass is 604 g/mol. The van der Waals surface area contributed by atoms with Crippen LogP contribution >= 0.6 is 0 Å². The molecular weight excluding hydrogens is 548 g/mol. The Morgan fingerprint density at radius 1 is 1.00 bits per heavy atom. The van der Waals surface area contributed by atoms with E-state index in [9.17, 15) is 9.59 Å². The van der Waals surface area contributed by atoms with Gasteiger partial charge in [-0.25, -0.2) is 9.59 Å². The molecule has 0 bridgehead atoms. The largest absolute Gasteiger partial charge is 0.508 e. The molecule has 0 aromatic heterocycles. The van der Waals surface area contributed by atoms with Crippen molar-refractivity contribution in [2.45, 2.75) is 117 Å². The number of ether oxygens (including phenoxy) is 6. The minimum atomic E-state index is -0.714. The lowest BCUT2D eigenvalue weighted by molar-refractivity contribution is -0.119. The summed E-state index contributed by atoms with van der Waals surface area (Å²) in [6, 6.07) is 0. The summed E-state index contributed by atoms with van der Waals surface area (Å²) in [4.78, 5) is 24.4. The molecule has 3 saturated carbocycles. The molecule has 0 heterocycles. The summed E-state index contributed by atoms with van der Waals surface area (Å²) in [6.07, 6.45) is 11.3. The van der Waals surface area contributed by atoms with Gasteiger partial charge in [0.15, 0.2) is 0 Å². The summed E-state index contributed by atoms with van der Waals surface area (Å²) < 4.78 is 32.3. The van der Waals surface area contributed by atoms with Gasteiger partial charge in [-0.3, -0.25) is 0 Å². The highest BCUT2D eigenvalue weighted by molar-refractivity contribution is 5.61. The molecule has 3 fully saturated rings. The lowest BCUT2D eigenvalue weighted by Crippen LogP contribution is -2.54. The maximum atomic E-state index is 12.4. The van der Waals surface area contributed by atoms with Crippen molar-refractivity contribution in [3.63, 3.8) is 0 Å². The van der Waals surface area contributed by atoms with E-state index in [1.54, 1.807) is 7.11 Å². The van der Waals surface area contributed by atoms with E-state index >= 15 is 0 Å². The molecule has 8 nitrogen and oxygen atoms in total. The molecule has 0 N–H and O–H groups in total. The van der Waals surface area contributed by atoms with Gasteiger partial charge in [-0.2, -0.15) is 0 Å². The Hall–Kier alpha value is -2.06. The van der Waals surface area contributed by atoms with Gasteiger partial charge in [-0.1, -0.05) is 57.4 Å². The van der Waals surface area contributed by atoms with Crippen LogP contribution in [0.5, 0.6) is 0 Å². The minimum absolute atomic E-state index is 0.195. The van der Waals surface area contributed by atoms with E-state index in [2.05, 4.69) is 53.7 Å². The topological polar surface area (TPSA) is 89.5 Å². The molecule has 43 heavy (non-hydrogen) atoms. The molecule has 4 rings (SSSR count). The smallest absolute Gasteiger partial charge is 0.438 e. The lowest BCUT2D eigenvalue weighted by Gasteiger charge is -2.57. The van der Waals surface area contributed by atoms with Crippen molar-refractivity contribution in [3.05, 3.63) is 23.3 Å². The van der Waals surface area contributed by atoms with Gasteiger partial charge >= 0.3 is 12.3 Å². The quantitative estimate of drug-likeness (QED) is 0.172. The number of carbonyl (C=O) groups is 2. The molecule has 4 aliphatic carbocycles. The third-order valence-corrected chi connectivity index (χ3v) is 12.1. The van der Waals surface area contributed by atoms with Gasteiger partial charge in [0.1, 0.15) is 19.0 Å². The Morgan fingerprint density at radius 3 is 2.35 bits per heavy atom. The SMILES string of the molecule is CC[C@H](CCC(C)(C)OCOC)[C@H](C)[C@H]1CC[C@H]2C3=CC=C4C[C@@H](OC(=O)OC)C[C@H](OC(=O)OC)[C@]4(C)[C@H]3CC[C@]12C. The summed E-state index contributed by atoms with van der Waals surface area (Å²) in [5.41, 5.74) is 2.36. The zero-order valence-electron chi connectivity index (χ0n) is 28.0. The first kappa shape index (κ1) is 33.8. The standard InChI is InChI=1S/C35H56O8/c1-10-23(15-17-33(3,4)41-21-38-7)22(2)27-13-14-28-26-12-11-24-19-25(42-31(36)39-8)20-30(43-32(37)40-9)35(24,6)29(26)16-18-34(27,28)5/h11-12,22-23,25,27-30H,10,13-21H2,1-9H3/t22-,23+,25+,27+,28-,29-,30-,34+,35-/m0/s1. The fraction of sp³-hybridized carbons (Fsp3) is 0.829. The Bertz CT molecular complexity index is 1060. The van der Waals surface area contributed by atoms with Gasteiger partial charge in [0.25, 0.3) is 0 Å². The van der Waals surface area contributed by atoms with Crippen molar-refractivity contribution in [2.24, 2.45) is 40.4 Å². The molecule has 0 unspecified atom stereocenters. The fourth-order valence-corrected chi connectivity index (χ4v) is 9.51. The van der Waals surface area contributed by atoms with Crippen LogP contribution < -0.4 is 0 Å². The van der Waals surface area contributed by atoms with Crippen molar-refractivity contribution in [1.29, 1.82) is 0 Å². The molecule has 0 aromatic rings. The molecule has 0 radical (unpaired) electrons. The van der Waals surface area contributed by atoms with E-state index in [-0.39, 0.29) is 22.3 Å². The number of allylic oxidation sites excluding steroid dienone is 3. The molecule has 0 aromatic carbocycles. The van der Waals surface area contributed by atoms with Gasteiger partial charge in [-0.15, -0.1) is 0 Å². The average Bonchev–Trinajstić information content (AvgIpc) is 3.33. The molecule has 8 heteroatoms. The van der Waals surface area contributed by atoms with Crippen molar-refractivity contribution in [2.75, 3.05) is 28.1 Å². The second-order valence-electron chi connectivity index (χ2n) is 14.5. The minimum Gasteiger partial charge on any atom is -0.438 e. The Labute approximate surface area is 259 Å². The zero-order valence-corrected chi connectivity index (χ0v) is 28.0. The number of hydrogen-bond donors (Lipinski definition) is 0. The number of fused-ring (bicyclic) bond motifs is 5. The number of rotatable bonds is 11. The maximum Gasteiger partial charge on any atom is 0.508 e. The van der Waals surface area contributed by atoms with Gasteiger partial charge in [0.05, 0.1) is 19.8 Å². The highest BCUT2D eigenvalue weighted by Crippen LogP contribution is 2.67. The molecule has 244 valence electrons. The first-order valence-electron chi connectivity index (χ1n) is 16.4. The second kappa shape index (κ2) is 13.5. The van der Waals surface area contributed by atoms with E-state index in [1.807, 2.05) is 0 Å². The van der Waals surface area contributed by atoms with Crippen molar-refractivity contribution in [3.8, 4) is 0 Å². The third kappa shape index (κ3) is 6.66. The first-order chi connectivity index (χ1) is 20.3. The predicted molar refractivity (Wildman–Crippen MR) is 164 cm³/mol. The summed E-state index contributed by atoms with van der Waals surface area (Å²) >= 11 is 0. The average molecular weight is 605 g/mol. The third-order valence-electron chi connectivity index (χ3n) is 12.1. The van der Waals surface area contributed by atoms with Crippen LogP contribution in [0, 0.1) is 40.4 Å². The van der Waals surface area contributed by atoms with Crippen LogP contribution in [-0.2, 0) is 28.4 Å². The van der Waals surface area contributed by atoms with Crippen LogP contribution in [0.2, 0.25) is 0 Å². The Morgan fingerprint density at radius 2 is 1.70 bits per heavy atom. The van der Waals surface area contributed by atoms with Crippen LogP contribution in [-0.4, -0.2) is 58.2 Å². The van der Waals surface area contributed by atoms with Crippen molar-refractivity contribution >= 4 is 12.3 Å². The summed E-state index contributed by atoms with van der Waals surface area (Å²) in [5, 5.41) is 0. The van der Waals surface area contributed by atoms with Gasteiger partial charge in [-0.05, 0) is 87.4 Å². The van der Waals surface area contributed by atoms with E-state index < -0.39 is 24.5 Å². The number of carbonyl (C=O) groups excluding carboxylic acids is 2. The number of hydrogen-bond acceptors (Lipinski definition) is 8. The first-order valence-corrected chi connectivity index (χ1v) is 16.4. The van der Waals surface area contributed by atoms with Gasteiger partial charge < -0.3 is 28.4 Å².